The van der Waals surface area contributed by atoms with Crippen molar-refractivity contribution in [2.45, 2.75) is 18.4 Å². The Balaban J connectivity index is 2.13. The van der Waals surface area contributed by atoms with Gasteiger partial charge in [-0.05, 0) is 19.2 Å². The van der Waals surface area contributed by atoms with E-state index in [2.05, 4.69) is 10.6 Å². The lowest BCUT2D eigenvalue weighted by molar-refractivity contribution is -0.0128. The monoisotopic (exact) mass is 234 g/mol. The number of fused-ring (bicyclic) bond motifs is 2. The number of carbonyl (C=O) groups is 1. The molecule has 0 saturated carbocycles. The molecule has 0 atom stereocenters. The van der Waals surface area contributed by atoms with Gasteiger partial charge in [-0.25, -0.2) is 4.79 Å². The minimum absolute atomic E-state index is 0.0945. The summed E-state index contributed by atoms with van der Waals surface area (Å²) in [7, 11) is 0. The van der Waals surface area contributed by atoms with Crippen LogP contribution in [0.4, 0.5) is 10.5 Å². The molecular formula is C12H14N2O3. The van der Waals surface area contributed by atoms with Crippen LogP contribution in [-0.2, 0) is 10.3 Å². The van der Waals surface area contributed by atoms with Crippen LogP contribution in [0.1, 0.15) is 18.4 Å². The van der Waals surface area contributed by atoms with Crippen LogP contribution in [0.5, 0.6) is 5.75 Å². The number of ether oxygens (including phenoxy) is 1. The second kappa shape index (κ2) is 3.63. The highest BCUT2D eigenvalue weighted by Crippen LogP contribution is 2.45. The molecule has 5 nitrogen and oxygen atoms in total. The molecule has 1 aromatic carbocycles. The van der Waals surface area contributed by atoms with Crippen LogP contribution in [0.2, 0.25) is 0 Å². The summed E-state index contributed by atoms with van der Waals surface area (Å²) in [5.41, 5.74) is 0.783. The molecule has 1 amide bonds. The van der Waals surface area contributed by atoms with Crippen molar-refractivity contribution in [2.75, 3.05) is 18.4 Å². The number of carbonyl (C=O) groups excluding carboxylic acids is 1. The van der Waals surface area contributed by atoms with Crippen molar-refractivity contribution in [3.63, 3.8) is 0 Å². The summed E-state index contributed by atoms with van der Waals surface area (Å²) in [6.07, 6.45) is 0.981. The van der Waals surface area contributed by atoms with Crippen molar-refractivity contribution in [1.82, 2.24) is 5.32 Å². The molecule has 90 valence electrons. The smallest absolute Gasteiger partial charge is 0.412 e. The SMILES string of the molecule is O=C1Nc2c(O)cccc2C2(CCNCC2)O1. The third-order valence-corrected chi connectivity index (χ3v) is 3.46. The van der Waals surface area contributed by atoms with Crippen molar-refractivity contribution in [2.24, 2.45) is 0 Å². The zero-order valence-electron chi connectivity index (χ0n) is 9.32. The first kappa shape index (κ1) is 10.4. The number of hydrogen-bond donors (Lipinski definition) is 3. The number of piperidine rings is 1. The number of benzene rings is 1. The van der Waals surface area contributed by atoms with Gasteiger partial charge in [0.05, 0.1) is 5.69 Å². The maximum Gasteiger partial charge on any atom is 0.412 e. The van der Waals surface area contributed by atoms with Gasteiger partial charge in [0, 0.05) is 18.4 Å². The molecule has 2 heterocycles. The van der Waals surface area contributed by atoms with Gasteiger partial charge < -0.3 is 15.2 Å². The van der Waals surface area contributed by atoms with Crippen molar-refractivity contribution in [3.8, 4) is 5.75 Å². The average molecular weight is 234 g/mol. The van der Waals surface area contributed by atoms with E-state index >= 15 is 0 Å². The molecule has 17 heavy (non-hydrogen) atoms. The number of anilines is 1. The number of phenols is 1. The second-order valence-electron chi connectivity index (χ2n) is 4.46. The second-order valence-corrected chi connectivity index (χ2v) is 4.46. The normalized spacial score (nSPS) is 21.5. The molecular weight excluding hydrogens is 220 g/mol. The van der Waals surface area contributed by atoms with Gasteiger partial charge in [0.2, 0.25) is 0 Å². The standard InChI is InChI=1S/C12H14N2O3/c15-9-3-1-2-8-10(9)14-11(16)17-12(8)4-6-13-7-5-12/h1-3,13,15H,4-7H2,(H,14,16). The lowest BCUT2D eigenvalue weighted by Crippen LogP contribution is -2.46. The van der Waals surface area contributed by atoms with Crippen LogP contribution in [0.25, 0.3) is 0 Å². The molecule has 5 heteroatoms. The minimum atomic E-state index is -0.582. The number of nitrogens with one attached hydrogen (secondary N) is 2. The molecule has 0 aliphatic carbocycles. The van der Waals surface area contributed by atoms with Crippen LogP contribution in [0.15, 0.2) is 18.2 Å². The quantitative estimate of drug-likeness (QED) is 0.595. The highest BCUT2D eigenvalue weighted by molar-refractivity contribution is 5.91. The summed E-state index contributed by atoms with van der Waals surface area (Å²) in [6, 6.07) is 5.25. The predicted molar refractivity (Wildman–Crippen MR) is 62.0 cm³/mol. The van der Waals surface area contributed by atoms with Crippen LogP contribution in [0, 0.1) is 0 Å². The molecule has 1 aromatic rings. The molecule has 0 bridgehead atoms. The van der Waals surface area contributed by atoms with Gasteiger partial charge in [0.25, 0.3) is 0 Å². The predicted octanol–water partition coefficient (Wildman–Crippen LogP) is 1.53. The fourth-order valence-electron chi connectivity index (χ4n) is 2.61. The summed E-state index contributed by atoms with van der Waals surface area (Å²) >= 11 is 0. The highest BCUT2D eigenvalue weighted by Gasteiger charge is 2.43. The van der Waals surface area contributed by atoms with Gasteiger partial charge in [-0.1, -0.05) is 12.1 Å². The van der Waals surface area contributed by atoms with Crippen molar-refractivity contribution >= 4 is 11.8 Å². The van der Waals surface area contributed by atoms with Crippen LogP contribution >= 0.6 is 0 Å². The van der Waals surface area contributed by atoms with Crippen molar-refractivity contribution in [3.05, 3.63) is 23.8 Å². The van der Waals surface area contributed by atoms with Gasteiger partial charge in [-0.3, -0.25) is 5.32 Å². The van der Waals surface area contributed by atoms with E-state index in [0.29, 0.717) is 5.69 Å². The average Bonchev–Trinajstić information content (AvgIpc) is 2.32. The van der Waals surface area contributed by atoms with E-state index < -0.39 is 11.7 Å². The number of aromatic hydroxyl groups is 1. The fourth-order valence-corrected chi connectivity index (χ4v) is 2.61. The molecule has 3 N–H and O–H groups in total. The van der Waals surface area contributed by atoms with E-state index in [4.69, 9.17) is 4.74 Å². The first-order chi connectivity index (χ1) is 8.21. The van der Waals surface area contributed by atoms with Gasteiger partial charge in [0.15, 0.2) is 0 Å². The lowest BCUT2D eigenvalue weighted by Gasteiger charge is -2.41. The molecule has 0 aromatic heterocycles. The van der Waals surface area contributed by atoms with E-state index in [1.54, 1.807) is 12.1 Å². The van der Waals surface area contributed by atoms with Gasteiger partial charge in [0.1, 0.15) is 11.4 Å². The summed E-state index contributed by atoms with van der Waals surface area (Å²) < 4.78 is 5.50. The minimum Gasteiger partial charge on any atom is -0.506 e. The number of amides is 1. The van der Waals surface area contributed by atoms with Crippen LogP contribution in [0.3, 0.4) is 0 Å². The zero-order chi connectivity index (χ0) is 11.9. The lowest BCUT2D eigenvalue weighted by atomic mass is 9.83. The molecule has 1 spiro atoms. The molecule has 2 aliphatic heterocycles. The number of hydrogen-bond acceptors (Lipinski definition) is 4. The largest absolute Gasteiger partial charge is 0.506 e. The van der Waals surface area contributed by atoms with Gasteiger partial charge in [-0.15, -0.1) is 0 Å². The molecule has 1 fully saturated rings. The van der Waals surface area contributed by atoms with E-state index in [0.717, 1.165) is 31.5 Å². The van der Waals surface area contributed by atoms with E-state index in [1.165, 1.54) is 0 Å². The summed E-state index contributed by atoms with van der Waals surface area (Å²) in [5, 5.41) is 15.6. The maximum absolute atomic E-state index is 11.6. The topological polar surface area (TPSA) is 70.6 Å². The van der Waals surface area contributed by atoms with Gasteiger partial charge >= 0.3 is 6.09 Å². The molecule has 0 radical (unpaired) electrons. The Bertz CT molecular complexity index is 467. The van der Waals surface area contributed by atoms with E-state index in [-0.39, 0.29) is 5.75 Å². The van der Waals surface area contributed by atoms with Gasteiger partial charge in [-0.2, -0.15) is 0 Å². The third-order valence-electron chi connectivity index (χ3n) is 3.46. The van der Waals surface area contributed by atoms with Crippen LogP contribution < -0.4 is 10.6 Å². The third kappa shape index (κ3) is 1.54. The Hall–Kier alpha value is -1.75. The van der Waals surface area contributed by atoms with E-state index in [9.17, 15) is 9.90 Å². The molecule has 2 aliphatic rings. The summed E-state index contributed by atoms with van der Waals surface area (Å²) in [4.78, 5) is 11.6. The molecule has 3 rings (SSSR count). The fraction of sp³-hybridized carbons (Fsp3) is 0.417. The Kier molecular flexibility index (Phi) is 2.22. The zero-order valence-corrected chi connectivity index (χ0v) is 9.32. The highest BCUT2D eigenvalue weighted by atomic mass is 16.6. The molecule has 1 saturated heterocycles. The Morgan fingerprint density at radius 3 is 2.82 bits per heavy atom. The maximum atomic E-state index is 11.6. The number of rotatable bonds is 0. The number of phenolic OH excluding ortho intramolecular Hbond substituents is 1. The first-order valence-electron chi connectivity index (χ1n) is 5.74. The first-order valence-corrected chi connectivity index (χ1v) is 5.74. The van der Waals surface area contributed by atoms with Crippen molar-refractivity contribution < 1.29 is 14.6 Å². The Morgan fingerprint density at radius 1 is 1.29 bits per heavy atom. The Morgan fingerprint density at radius 2 is 2.06 bits per heavy atom. The van der Waals surface area contributed by atoms with E-state index in [1.807, 2.05) is 6.07 Å². The van der Waals surface area contributed by atoms with Crippen molar-refractivity contribution in [1.29, 1.82) is 0 Å². The van der Waals surface area contributed by atoms with Crippen LogP contribution in [-0.4, -0.2) is 24.3 Å². The molecule has 0 unspecified atom stereocenters. The summed E-state index contributed by atoms with van der Waals surface area (Å²) in [6.45, 7) is 1.62. The Labute approximate surface area is 98.8 Å². The summed E-state index contributed by atoms with van der Waals surface area (Å²) in [5.74, 6) is 0.0945. The number of para-hydroxylation sites is 1.